The highest BCUT2D eigenvalue weighted by atomic mass is 16.5. The summed E-state index contributed by atoms with van der Waals surface area (Å²) in [6.07, 6.45) is 1.92. The molecular formula is C11H17N3O3. The maximum atomic E-state index is 10.5. The third-order valence-electron chi connectivity index (χ3n) is 2.33. The molecule has 1 unspecified atom stereocenters. The Bertz CT molecular complexity index is 371. The standard InChI is InChI=1S/C11H17N3O3/c1-3-8-4-10(14-7-13-8)12-6-9(17-2)5-11(15)16/h4,7,9H,3,5-6H2,1-2H3,(H,15,16)(H,12,13,14). The number of ether oxygens (including phenoxy) is 1. The minimum atomic E-state index is -0.879. The molecule has 0 saturated carbocycles. The van der Waals surface area contributed by atoms with E-state index in [-0.39, 0.29) is 12.5 Å². The summed E-state index contributed by atoms with van der Waals surface area (Å²) in [5.41, 5.74) is 0.940. The van der Waals surface area contributed by atoms with E-state index >= 15 is 0 Å². The van der Waals surface area contributed by atoms with Gasteiger partial charge in [-0.3, -0.25) is 4.79 Å². The minimum absolute atomic E-state index is 0.0325. The van der Waals surface area contributed by atoms with Crippen LogP contribution in [0, 0.1) is 0 Å². The van der Waals surface area contributed by atoms with Gasteiger partial charge in [0.25, 0.3) is 0 Å². The number of anilines is 1. The van der Waals surface area contributed by atoms with Crippen molar-refractivity contribution < 1.29 is 14.6 Å². The highest BCUT2D eigenvalue weighted by Gasteiger charge is 2.12. The lowest BCUT2D eigenvalue weighted by atomic mass is 10.2. The Balaban J connectivity index is 2.50. The maximum absolute atomic E-state index is 10.5. The van der Waals surface area contributed by atoms with Crippen molar-refractivity contribution in [1.29, 1.82) is 0 Å². The topological polar surface area (TPSA) is 84.3 Å². The molecule has 0 aliphatic heterocycles. The number of carboxylic acids is 1. The number of hydrogen-bond donors (Lipinski definition) is 2. The van der Waals surface area contributed by atoms with E-state index in [0.29, 0.717) is 12.4 Å². The van der Waals surface area contributed by atoms with Crippen molar-refractivity contribution in [3.8, 4) is 0 Å². The van der Waals surface area contributed by atoms with E-state index < -0.39 is 5.97 Å². The zero-order chi connectivity index (χ0) is 12.7. The Hall–Kier alpha value is -1.69. The summed E-state index contributed by atoms with van der Waals surface area (Å²) in [6.45, 7) is 2.41. The second-order valence-electron chi connectivity index (χ2n) is 3.58. The van der Waals surface area contributed by atoms with E-state index in [9.17, 15) is 4.79 Å². The number of hydrogen-bond acceptors (Lipinski definition) is 5. The summed E-state index contributed by atoms with van der Waals surface area (Å²) in [4.78, 5) is 18.7. The summed E-state index contributed by atoms with van der Waals surface area (Å²) in [6, 6.07) is 1.84. The fourth-order valence-electron chi connectivity index (χ4n) is 1.34. The molecule has 0 radical (unpaired) electrons. The molecule has 0 aromatic carbocycles. The van der Waals surface area contributed by atoms with Gasteiger partial charge in [-0.1, -0.05) is 6.92 Å². The van der Waals surface area contributed by atoms with Crippen molar-refractivity contribution >= 4 is 11.8 Å². The van der Waals surface area contributed by atoms with Crippen LogP contribution in [0.5, 0.6) is 0 Å². The zero-order valence-corrected chi connectivity index (χ0v) is 10.0. The van der Waals surface area contributed by atoms with Gasteiger partial charge in [0.15, 0.2) is 0 Å². The first-order valence-electron chi connectivity index (χ1n) is 5.45. The fourth-order valence-corrected chi connectivity index (χ4v) is 1.34. The molecule has 0 fully saturated rings. The predicted molar refractivity (Wildman–Crippen MR) is 62.9 cm³/mol. The van der Waals surface area contributed by atoms with Crippen LogP contribution in [-0.2, 0) is 16.0 Å². The third-order valence-corrected chi connectivity index (χ3v) is 2.33. The molecule has 94 valence electrons. The van der Waals surface area contributed by atoms with E-state index in [1.54, 1.807) is 0 Å². The van der Waals surface area contributed by atoms with Crippen molar-refractivity contribution in [2.24, 2.45) is 0 Å². The molecule has 1 aromatic heterocycles. The van der Waals surface area contributed by atoms with Gasteiger partial charge >= 0.3 is 5.97 Å². The average Bonchev–Trinajstić information content (AvgIpc) is 2.34. The van der Waals surface area contributed by atoms with E-state index in [2.05, 4.69) is 15.3 Å². The monoisotopic (exact) mass is 239 g/mol. The van der Waals surface area contributed by atoms with E-state index in [1.165, 1.54) is 13.4 Å². The van der Waals surface area contributed by atoms with Crippen molar-refractivity contribution in [2.75, 3.05) is 19.0 Å². The van der Waals surface area contributed by atoms with Gasteiger partial charge in [-0.2, -0.15) is 0 Å². The summed E-state index contributed by atoms with van der Waals surface area (Å²) >= 11 is 0. The number of nitrogens with zero attached hydrogens (tertiary/aromatic N) is 2. The number of aryl methyl sites for hydroxylation is 1. The maximum Gasteiger partial charge on any atom is 0.306 e. The van der Waals surface area contributed by atoms with Crippen LogP contribution in [-0.4, -0.2) is 40.8 Å². The van der Waals surface area contributed by atoms with Gasteiger partial charge in [-0.05, 0) is 6.42 Å². The highest BCUT2D eigenvalue weighted by molar-refractivity contribution is 5.67. The molecule has 1 aromatic rings. The molecule has 17 heavy (non-hydrogen) atoms. The van der Waals surface area contributed by atoms with Crippen molar-refractivity contribution in [2.45, 2.75) is 25.9 Å². The van der Waals surface area contributed by atoms with Gasteiger partial charge in [-0.15, -0.1) is 0 Å². The first-order valence-corrected chi connectivity index (χ1v) is 5.45. The summed E-state index contributed by atoms with van der Waals surface area (Å²) in [5.74, 6) is -0.195. The number of rotatable bonds is 7. The summed E-state index contributed by atoms with van der Waals surface area (Å²) < 4.78 is 5.05. The van der Waals surface area contributed by atoms with Crippen LogP contribution in [0.25, 0.3) is 0 Å². The molecule has 6 nitrogen and oxygen atoms in total. The lowest BCUT2D eigenvalue weighted by Gasteiger charge is -2.14. The predicted octanol–water partition coefficient (Wildman–Crippen LogP) is 0.941. The van der Waals surface area contributed by atoms with Gasteiger partial charge in [-0.25, -0.2) is 9.97 Å². The van der Waals surface area contributed by atoms with Crippen LogP contribution in [0.1, 0.15) is 19.0 Å². The molecule has 0 bridgehead atoms. The highest BCUT2D eigenvalue weighted by Crippen LogP contribution is 2.06. The number of nitrogens with one attached hydrogen (secondary N) is 1. The van der Waals surface area contributed by atoms with Crippen LogP contribution < -0.4 is 5.32 Å². The lowest BCUT2D eigenvalue weighted by molar-refractivity contribution is -0.139. The Morgan fingerprint density at radius 1 is 1.59 bits per heavy atom. The number of aromatic nitrogens is 2. The van der Waals surface area contributed by atoms with Crippen LogP contribution in [0.2, 0.25) is 0 Å². The second kappa shape index (κ2) is 6.80. The van der Waals surface area contributed by atoms with Crippen LogP contribution in [0.15, 0.2) is 12.4 Å². The first-order chi connectivity index (χ1) is 8.15. The molecule has 1 heterocycles. The van der Waals surface area contributed by atoms with Gasteiger partial charge in [0.1, 0.15) is 12.1 Å². The molecule has 1 atom stereocenters. The molecule has 0 saturated heterocycles. The van der Waals surface area contributed by atoms with Crippen molar-refractivity contribution in [1.82, 2.24) is 9.97 Å². The van der Waals surface area contributed by atoms with Gasteiger partial charge < -0.3 is 15.2 Å². The van der Waals surface area contributed by atoms with Gasteiger partial charge in [0.2, 0.25) is 0 Å². The van der Waals surface area contributed by atoms with E-state index in [0.717, 1.165) is 12.1 Å². The zero-order valence-electron chi connectivity index (χ0n) is 10.0. The average molecular weight is 239 g/mol. The normalized spacial score (nSPS) is 12.1. The second-order valence-corrected chi connectivity index (χ2v) is 3.58. The molecule has 2 N–H and O–H groups in total. The number of aliphatic carboxylic acids is 1. The van der Waals surface area contributed by atoms with Crippen LogP contribution in [0.3, 0.4) is 0 Å². The first kappa shape index (κ1) is 13.4. The number of methoxy groups -OCH3 is 1. The fraction of sp³-hybridized carbons (Fsp3) is 0.545. The summed E-state index contributed by atoms with van der Waals surface area (Å²) in [7, 11) is 1.49. The van der Waals surface area contributed by atoms with Gasteiger partial charge in [0.05, 0.1) is 12.5 Å². The number of carbonyl (C=O) groups is 1. The molecule has 1 rings (SSSR count). The Morgan fingerprint density at radius 3 is 2.94 bits per heavy atom. The Morgan fingerprint density at radius 2 is 2.35 bits per heavy atom. The molecule has 0 aliphatic carbocycles. The SMILES string of the molecule is CCc1cc(NCC(CC(=O)O)OC)ncn1. The van der Waals surface area contributed by atoms with Crippen LogP contribution in [0.4, 0.5) is 5.82 Å². The third kappa shape index (κ3) is 4.78. The molecule has 0 spiro atoms. The Kier molecular flexibility index (Phi) is 5.35. The number of carboxylic acid groups (broad SMARTS) is 1. The molecule has 0 aliphatic rings. The molecule has 0 amide bonds. The lowest BCUT2D eigenvalue weighted by Crippen LogP contribution is -2.25. The van der Waals surface area contributed by atoms with Crippen LogP contribution >= 0.6 is 0 Å². The van der Waals surface area contributed by atoms with E-state index in [1.807, 2.05) is 13.0 Å². The van der Waals surface area contributed by atoms with Crippen molar-refractivity contribution in [3.63, 3.8) is 0 Å². The Labute approximate surface area is 100 Å². The molecule has 6 heteroatoms. The smallest absolute Gasteiger partial charge is 0.306 e. The molecular weight excluding hydrogens is 222 g/mol. The van der Waals surface area contributed by atoms with Gasteiger partial charge in [0, 0.05) is 25.4 Å². The minimum Gasteiger partial charge on any atom is -0.481 e. The quantitative estimate of drug-likeness (QED) is 0.736. The largest absolute Gasteiger partial charge is 0.481 e. The summed E-state index contributed by atoms with van der Waals surface area (Å²) in [5, 5.41) is 11.7. The van der Waals surface area contributed by atoms with Crippen molar-refractivity contribution in [3.05, 3.63) is 18.1 Å². The van der Waals surface area contributed by atoms with E-state index in [4.69, 9.17) is 9.84 Å².